The Bertz CT molecular complexity index is 942. The van der Waals surface area contributed by atoms with Gasteiger partial charge in [-0.15, -0.1) is 0 Å². The van der Waals surface area contributed by atoms with Crippen molar-refractivity contribution in [2.75, 3.05) is 13.2 Å². The van der Waals surface area contributed by atoms with E-state index >= 15 is 0 Å². The quantitative estimate of drug-likeness (QED) is 0.668. The lowest BCUT2D eigenvalue weighted by molar-refractivity contribution is 0.257. The van der Waals surface area contributed by atoms with Crippen LogP contribution in [0.2, 0.25) is 0 Å². The van der Waals surface area contributed by atoms with Crippen LogP contribution in [-0.2, 0) is 25.4 Å². The predicted octanol–water partition coefficient (Wildman–Crippen LogP) is 4.89. The average Bonchev–Trinajstić information content (AvgIpc) is 3.42. The lowest BCUT2D eigenvalue weighted by Crippen LogP contribution is -2.16. The molecule has 4 nitrogen and oxygen atoms in total. The fourth-order valence-corrected chi connectivity index (χ4v) is 4.30. The fraction of sp³-hybridized carbons (Fsp3) is 0.478. The van der Waals surface area contributed by atoms with Crippen LogP contribution in [-0.4, -0.2) is 27.7 Å². The molecule has 0 aromatic heterocycles. The van der Waals surface area contributed by atoms with Gasteiger partial charge >= 0.3 is 0 Å². The third-order valence-corrected chi connectivity index (χ3v) is 6.70. The van der Waals surface area contributed by atoms with Crippen molar-refractivity contribution in [2.45, 2.75) is 68.3 Å². The van der Waals surface area contributed by atoms with Crippen LogP contribution in [0.5, 0.6) is 5.75 Å². The zero-order chi connectivity index (χ0) is 20.7. The summed E-state index contributed by atoms with van der Waals surface area (Å²) in [6.07, 6.45) is 0.109. The van der Waals surface area contributed by atoms with E-state index < -0.39 is 9.84 Å². The van der Waals surface area contributed by atoms with Gasteiger partial charge in [0.1, 0.15) is 18.5 Å². The molecule has 0 bridgehead atoms. The van der Waals surface area contributed by atoms with E-state index in [0.29, 0.717) is 23.9 Å². The van der Waals surface area contributed by atoms with E-state index in [1.165, 1.54) is 0 Å². The van der Waals surface area contributed by atoms with Gasteiger partial charge in [0.2, 0.25) is 9.84 Å². The summed E-state index contributed by atoms with van der Waals surface area (Å²) in [5, 5.41) is 0. The number of sulfone groups is 1. The normalized spacial score (nSPS) is 17.4. The molecule has 2 aromatic carbocycles. The van der Waals surface area contributed by atoms with Gasteiger partial charge in [-0.2, -0.15) is 0 Å². The minimum absolute atomic E-state index is 0.0253. The minimum Gasteiger partial charge on any atom is -0.490 e. The van der Waals surface area contributed by atoms with Gasteiger partial charge in [0.15, 0.2) is 0 Å². The first kappa shape index (κ1) is 20.9. The molecule has 28 heavy (non-hydrogen) atoms. The van der Waals surface area contributed by atoms with E-state index in [1.807, 2.05) is 18.2 Å². The van der Waals surface area contributed by atoms with Crippen molar-refractivity contribution in [3.05, 3.63) is 53.6 Å². The van der Waals surface area contributed by atoms with E-state index in [4.69, 9.17) is 9.47 Å². The molecule has 1 fully saturated rings. The summed E-state index contributed by atoms with van der Waals surface area (Å²) in [5.74, 6) is 0.607. The Balaban J connectivity index is 1.97. The Morgan fingerprint density at radius 3 is 2.00 bits per heavy atom. The second kappa shape index (κ2) is 7.20. The van der Waals surface area contributed by atoms with Gasteiger partial charge in [-0.25, -0.2) is 8.42 Å². The van der Waals surface area contributed by atoms with E-state index in [-0.39, 0.29) is 21.8 Å². The highest BCUT2D eigenvalue weighted by Crippen LogP contribution is 2.35. The number of rotatable bonds is 5. The van der Waals surface area contributed by atoms with Crippen LogP contribution >= 0.6 is 0 Å². The van der Waals surface area contributed by atoms with Crippen LogP contribution in [0.25, 0.3) is 0 Å². The summed E-state index contributed by atoms with van der Waals surface area (Å²) < 4.78 is 37.5. The standard InChI is InChI=1S/C23H30O4S/c1-22(2,3)16-7-9-18(10-8-16)28(24,25)19-11-12-20(23(4,5)6)21(13-19)27-15-17-14-26-17/h7-13,17H,14-15H2,1-6H3. The van der Waals surface area contributed by atoms with Crippen LogP contribution in [0.4, 0.5) is 0 Å². The smallest absolute Gasteiger partial charge is 0.206 e. The Morgan fingerprint density at radius 2 is 1.50 bits per heavy atom. The van der Waals surface area contributed by atoms with E-state index in [9.17, 15) is 8.42 Å². The van der Waals surface area contributed by atoms with Gasteiger partial charge in [0.25, 0.3) is 0 Å². The summed E-state index contributed by atoms with van der Waals surface area (Å²) in [7, 11) is -3.62. The molecule has 1 heterocycles. The molecule has 0 N–H and O–H groups in total. The summed E-state index contributed by atoms with van der Waals surface area (Å²) in [6, 6.07) is 12.3. The molecule has 1 atom stereocenters. The largest absolute Gasteiger partial charge is 0.490 e. The third kappa shape index (κ3) is 4.58. The highest BCUT2D eigenvalue weighted by Gasteiger charge is 2.27. The van der Waals surface area contributed by atoms with Gasteiger partial charge in [-0.05, 0) is 46.2 Å². The Labute approximate surface area is 168 Å². The number of epoxide rings is 1. The number of hydrogen-bond acceptors (Lipinski definition) is 4. The van der Waals surface area contributed by atoms with E-state index in [1.54, 1.807) is 24.3 Å². The van der Waals surface area contributed by atoms with Crippen molar-refractivity contribution >= 4 is 9.84 Å². The molecule has 152 valence electrons. The molecule has 1 saturated heterocycles. The molecule has 1 aliphatic rings. The van der Waals surface area contributed by atoms with Crippen LogP contribution in [0, 0.1) is 0 Å². The summed E-state index contributed by atoms with van der Waals surface area (Å²) in [4.78, 5) is 0.538. The van der Waals surface area contributed by atoms with Gasteiger partial charge in [0.05, 0.1) is 16.4 Å². The molecule has 3 rings (SSSR count). The zero-order valence-electron chi connectivity index (χ0n) is 17.6. The van der Waals surface area contributed by atoms with Crippen molar-refractivity contribution in [1.29, 1.82) is 0 Å². The average molecular weight is 403 g/mol. The Kier molecular flexibility index (Phi) is 5.36. The number of ether oxygens (including phenoxy) is 2. The maximum Gasteiger partial charge on any atom is 0.206 e. The Hall–Kier alpha value is -1.85. The number of benzene rings is 2. The first-order valence-corrected chi connectivity index (χ1v) is 11.1. The van der Waals surface area contributed by atoms with E-state index in [0.717, 1.165) is 11.1 Å². The second-order valence-electron chi connectivity index (χ2n) is 9.45. The lowest BCUT2D eigenvalue weighted by atomic mass is 9.86. The van der Waals surface area contributed by atoms with Crippen molar-refractivity contribution in [2.24, 2.45) is 0 Å². The van der Waals surface area contributed by atoms with Crippen molar-refractivity contribution < 1.29 is 17.9 Å². The molecule has 0 aliphatic carbocycles. The van der Waals surface area contributed by atoms with Crippen molar-refractivity contribution in [3.8, 4) is 5.75 Å². The third-order valence-electron chi connectivity index (χ3n) is 4.93. The highest BCUT2D eigenvalue weighted by atomic mass is 32.2. The number of hydrogen-bond donors (Lipinski definition) is 0. The first-order valence-electron chi connectivity index (χ1n) is 9.63. The van der Waals surface area contributed by atoms with Gasteiger partial charge in [-0.3, -0.25) is 0 Å². The molecule has 1 unspecified atom stereocenters. The van der Waals surface area contributed by atoms with Crippen molar-refractivity contribution in [1.82, 2.24) is 0 Å². The monoisotopic (exact) mass is 402 g/mol. The molecule has 5 heteroatoms. The molecule has 2 aromatic rings. The SMILES string of the molecule is CC(C)(C)c1ccc(S(=O)(=O)c2ccc(C(C)(C)C)c(OCC3CO3)c2)cc1. The minimum atomic E-state index is -3.62. The molecular formula is C23H30O4S. The molecule has 0 spiro atoms. The summed E-state index contributed by atoms with van der Waals surface area (Å²) in [6.45, 7) is 13.7. The highest BCUT2D eigenvalue weighted by molar-refractivity contribution is 7.91. The van der Waals surface area contributed by atoms with Crippen LogP contribution < -0.4 is 4.74 Å². The molecule has 0 amide bonds. The molecular weight excluding hydrogens is 372 g/mol. The summed E-state index contributed by atoms with van der Waals surface area (Å²) >= 11 is 0. The predicted molar refractivity (Wildman–Crippen MR) is 111 cm³/mol. The Morgan fingerprint density at radius 1 is 0.929 bits per heavy atom. The van der Waals surface area contributed by atoms with E-state index in [2.05, 4.69) is 41.5 Å². The fourth-order valence-electron chi connectivity index (χ4n) is 3.03. The lowest BCUT2D eigenvalue weighted by Gasteiger charge is -2.23. The van der Waals surface area contributed by atoms with Gasteiger partial charge in [-0.1, -0.05) is 59.7 Å². The summed E-state index contributed by atoms with van der Waals surface area (Å²) in [5.41, 5.74) is 1.90. The second-order valence-corrected chi connectivity index (χ2v) is 11.4. The van der Waals surface area contributed by atoms with Gasteiger partial charge in [0, 0.05) is 0 Å². The van der Waals surface area contributed by atoms with Crippen molar-refractivity contribution in [3.63, 3.8) is 0 Å². The zero-order valence-corrected chi connectivity index (χ0v) is 18.4. The first-order chi connectivity index (χ1) is 12.9. The van der Waals surface area contributed by atoms with Crippen LogP contribution in [0.15, 0.2) is 52.3 Å². The topological polar surface area (TPSA) is 55.9 Å². The molecule has 0 saturated carbocycles. The van der Waals surface area contributed by atoms with Crippen LogP contribution in [0.3, 0.4) is 0 Å². The molecule has 0 radical (unpaired) electrons. The molecule has 1 aliphatic heterocycles. The van der Waals surface area contributed by atoms with Gasteiger partial charge < -0.3 is 9.47 Å². The maximum atomic E-state index is 13.2. The maximum absolute atomic E-state index is 13.2. The van der Waals surface area contributed by atoms with Crippen LogP contribution in [0.1, 0.15) is 52.7 Å².